The number of methoxy groups -OCH3 is 1. The molecule has 0 radical (unpaired) electrons. The standard InChI is InChI=1S/C61H67ClFN13O8/c1-37(2)84-50-33-43(81-6)18-20-45(50)57-69-54(39-11-9-38(3)10-12-39)55(40-13-15-41(62)16-14-40)76(57)61(80)73-26-25-72(52(78)36-73)27-29-83-31-30-82-28-21-51(77)66-22-24-75-58(65-4)53-47-34-67-56(64)59(68-47)74-23-7-8-49(74)46-32-42(63)17-19-44(46)60(79)71(5)35-48(53)70-75/h9-20,32-34,37,49,54-55H,7-8,21-31,35-36H2,1-3,5-6H3,(H2,64,67)(H,66,77)/t49-,54+,55-/m1/s1. The number of piperazine rings is 1. The fraction of sp³-hybridized carbons (Fsp3) is 0.393. The Hall–Kier alpha value is -8.65. The maximum absolute atomic E-state index is 15.1. The second-order valence-electron chi connectivity index (χ2n) is 21.3. The molecule has 6 aromatic rings. The van der Waals surface area contributed by atoms with Crippen LogP contribution in [0, 0.1) is 19.3 Å². The van der Waals surface area contributed by atoms with Gasteiger partial charge in [-0.2, -0.15) is 4.68 Å². The Morgan fingerprint density at radius 2 is 1.67 bits per heavy atom. The Morgan fingerprint density at radius 3 is 2.40 bits per heavy atom. The fourth-order valence-electron chi connectivity index (χ4n) is 11.1. The van der Waals surface area contributed by atoms with Gasteiger partial charge in [0, 0.05) is 56.3 Å². The molecule has 10 rings (SSSR count). The first-order chi connectivity index (χ1) is 40.6. The smallest absolute Gasteiger partial charge is 0.326 e. The average molecular weight is 1160 g/mol. The van der Waals surface area contributed by atoms with E-state index < -0.39 is 17.9 Å². The Bertz CT molecular complexity index is 3500. The number of nitrogens with two attached hydrogens (primary N) is 1. The van der Waals surface area contributed by atoms with Crippen LogP contribution in [0.4, 0.5) is 26.6 Å². The van der Waals surface area contributed by atoms with Gasteiger partial charge < -0.3 is 54.4 Å². The number of benzene rings is 4. The molecule has 2 fully saturated rings. The van der Waals surface area contributed by atoms with Crippen LogP contribution in [0.1, 0.15) is 95.1 Å². The molecule has 4 aromatic carbocycles. The summed E-state index contributed by atoms with van der Waals surface area (Å²) in [7, 11) is 3.21. The van der Waals surface area contributed by atoms with Crippen LogP contribution >= 0.6 is 11.6 Å². The van der Waals surface area contributed by atoms with E-state index in [4.69, 9.17) is 57.9 Å². The van der Waals surface area contributed by atoms with Gasteiger partial charge in [0.05, 0.1) is 87.8 Å². The monoisotopic (exact) mass is 1160 g/mol. The minimum absolute atomic E-state index is 0.00433. The van der Waals surface area contributed by atoms with Crippen molar-refractivity contribution in [2.24, 2.45) is 4.99 Å². The number of carbonyl (C=O) groups excluding carboxylic acids is 4. The summed E-state index contributed by atoms with van der Waals surface area (Å²) in [6.45, 7) is 16.4. The molecule has 6 heterocycles. The molecular weight excluding hydrogens is 1100 g/mol. The third-order valence-electron chi connectivity index (χ3n) is 15.3. The number of halogens is 2. The largest absolute Gasteiger partial charge is 0.497 e. The van der Waals surface area contributed by atoms with Crippen molar-refractivity contribution in [1.29, 1.82) is 0 Å². The quantitative estimate of drug-likeness (QED) is 0.0611. The first kappa shape index (κ1) is 58.5. The molecule has 0 spiro atoms. The molecule has 0 unspecified atom stereocenters. The molecule has 0 aliphatic carbocycles. The number of nitrogens with zero attached hydrogens (tertiary/aromatic N) is 11. The van der Waals surface area contributed by atoms with Gasteiger partial charge in [-0.15, -0.1) is 5.10 Å². The van der Waals surface area contributed by atoms with E-state index in [1.165, 1.54) is 34.0 Å². The lowest BCUT2D eigenvalue weighted by atomic mass is 9.93. The Labute approximate surface area is 491 Å². The van der Waals surface area contributed by atoms with Crippen molar-refractivity contribution in [3.8, 4) is 22.8 Å². The molecule has 3 atom stereocenters. The van der Waals surface area contributed by atoms with Crippen LogP contribution in [0.5, 0.6) is 11.5 Å². The third-order valence-corrected chi connectivity index (χ3v) is 15.5. The predicted molar refractivity (Wildman–Crippen MR) is 314 cm³/mol. The SMILES string of the molecule is [C-]#[N+]c1c2c(nn1CCNC(=O)CCOCCOCCN1CCN(C(=O)N3C(c4ccc(OC)cc4OC(C)C)=N[C@@H](c4ccc(C)cc4)[C@H]3c3ccc(Cl)cc3)CC1=O)CN(C)C(=O)c1ccc(F)cc1[C@H]1CCCN1c1nc-2cnc1N. The van der Waals surface area contributed by atoms with Gasteiger partial charge in [-0.1, -0.05) is 60.1 Å². The van der Waals surface area contributed by atoms with E-state index in [-0.39, 0.29) is 120 Å². The number of carbonyl (C=O) groups is 4. The number of ether oxygens (including phenoxy) is 4. The van der Waals surface area contributed by atoms with Crippen LogP contribution in [0.25, 0.3) is 16.1 Å². The molecule has 0 saturated carbocycles. The third kappa shape index (κ3) is 12.6. The van der Waals surface area contributed by atoms with E-state index in [9.17, 15) is 18.8 Å². The molecule has 2 saturated heterocycles. The van der Waals surface area contributed by atoms with Crippen LogP contribution in [0.3, 0.4) is 0 Å². The lowest BCUT2D eigenvalue weighted by molar-refractivity contribution is -0.135. The summed E-state index contributed by atoms with van der Waals surface area (Å²) in [6.07, 6.45) is 2.75. The number of nitrogens with one attached hydrogen (secondary N) is 1. The number of rotatable bonds is 18. The minimum atomic E-state index is -0.598. The van der Waals surface area contributed by atoms with Gasteiger partial charge in [0.1, 0.15) is 48.0 Å². The predicted octanol–water partition coefficient (Wildman–Crippen LogP) is 8.35. The number of amidine groups is 1. The van der Waals surface area contributed by atoms with Crippen LogP contribution < -0.4 is 25.4 Å². The molecule has 438 valence electrons. The summed E-state index contributed by atoms with van der Waals surface area (Å²) >= 11 is 6.40. The van der Waals surface area contributed by atoms with Gasteiger partial charge in [0.2, 0.25) is 11.8 Å². The maximum atomic E-state index is 15.1. The highest BCUT2D eigenvalue weighted by Gasteiger charge is 2.46. The average Bonchev–Trinajstić information content (AvgIpc) is 3.28. The Kier molecular flexibility index (Phi) is 18.0. The first-order valence-electron chi connectivity index (χ1n) is 28.0. The normalized spacial score (nSPS) is 17.7. The highest BCUT2D eigenvalue weighted by atomic mass is 35.5. The minimum Gasteiger partial charge on any atom is -0.497 e. The summed E-state index contributed by atoms with van der Waals surface area (Å²) in [6, 6.07) is 23.2. The lowest BCUT2D eigenvalue weighted by Gasteiger charge is -2.38. The number of hydrogen-bond acceptors (Lipinski definition) is 14. The molecule has 5 amide bonds. The maximum Gasteiger partial charge on any atom is 0.326 e. The number of amides is 5. The molecule has 84 heavy (non-hydrogen) atoms. The van der Waals surface area contributed by atoms with Gasteiger partial charge in [-0.3, -0.25) is 24.3 Å². The number of aromatic nitrogens is 4. The number of aliphatic imine (C=N–C) groups is 1. The summed E-state index contributed by atoms with van der Waals surface area (Å²) in [5.41, 5.74) is 11.8. The highest BCUT2D eigenvalue weighted by Crippen LogP contribution is 2.47. The number of hydrogen-bond donors (Lipinski definition) is 2. The number of aryl methyl sites for hydroxylation is 1. The number of fused-ring (bicyclic) bond motifs is 8. The van der Waals surface area contributed by atoms with E-state index in [0.717, 1.165) is 23.1 Å². The van der Waals surface area contributed by atoms with Crippen molar-refractivity contribution in [2.75, 3.05) is 90.5 Å². The zero-order chi connectivity index (χ0) is 59.2. The number of anilines is 2. The van der Waals surface area contributed by atoms with Gasteiger partial charge in [-0.25, -0.2) is 19.2 Å². The molecule has 4 aliphatic rings. The van der Waals surface area contributed by atoms with Crippen molar-refractivity contribution in [3.05, 3.63) is 152 Å². The zero-order valence-corrected chi connectivity index (χ0v) is 48.4. The van der Waals surface area contributed by atoms with Gasteiger partial charge in [0.25, 0.3) is 11.7 Å². The molecule has 4 aliphatic heterocycles. The van der Waals surface area contributed by atoms with Gasteiger partial charge in [0.15, 0.2) is 11.6 Å². The van der Waals surface area contributed by atoms with E-state index in [2.05, 4.69) is 15.1 Å². The van der Waals surface area contributed by atoms with Crippen molar-refractivity contribution in [3.63, 3.8) is 0 Å². The summed E-state index contributed by atoms with van der Waals surface area (Å²) in [5, 5.41) is 8.18. The van der Waals surface area contributed by atoms with Crippen LogP contribution in [-0.2, 0) is 32.2 Å². The number of urea groups is 1. The van der Waals surface area contributed by atoms with Gasteiger partial charge >= 0.3 is 6.03 Å². The van der Waals surface area contributed by atoms with E-state index in [1.54, 1.807) is 47.1 Å². The van der Waals surface area contributed by atoms with E-state index in [1.807, 2.05) is 74.2 Å². The zero-order valence-electron chi connectivity index (χ0n) is 47.6. The Balaban J connectivity index is 0.712. The highest BCUT2D eigenvalue weighted by molar-refractivity contribution is 6.30. The second-order valence-corrected chi connectivity index (χ2v) is 21.7. The summed E-state index contributed by atoms with van der Waals surface area (Å²) in [4.78, 5) is 82.8. The molecule has 2 aromatic heterocycles. The van der Waals surface area contributed by atoms with Crippen molar-refractivity contribution >= 4 is 58.6 Å². The molecule has 21 nitrogen and oxygen atoms in total. The topological polar surface area (TPSA) is 220 Å². The van der Waals surface area contributed by atoms with Crippen molar-refractivity contribution < 1.29 is 42.5 Å². The Morgan fingerprint density at radius 1 is 0.917 bits per heavy atom. The molecule has 2 bridgehead atoms. The van der Waals surface area contributed by atoms with Crippen molar-refractivity contribution in [2.45, 2.75) is 77.4 Å². The van der Waals surface area contributed by atoms with E-state index >= 15 is 4.79 Å². The van der Waals surface area contributed by atoms with Crippen LogP contribution in [0.15, 0.2) is 96.1 Å². The van der Waals surface area contributed by atoms with E-state index in [0.29, 0.717) is 81.3 Å². The summed E-state index contributed by atoms with van der Waals surface area (Å²) < 4.78 is 39.7. The second kappa shape index (κ2) is 25.9. The first-order valence-corrected chi connectivity index (χ1v) is 28.4. The van der Waals surface area contributed by atoms with Crippen molar-refractivity contribution in [1.82, 2.24) is 44.7 Å². The lowest BCUT2D eigenvalue weighted by Crippen LogP contribution is -2.56. The number of nitrogen functional groups attached to an aromatic ring is 1. The molecular formula is C61H67ClFN13O8. The fourth-order valence-corrected chi connectivity index (χ4v) is 11.3. The van der Waals surface area contributed by atoms with Gasteiger partial charge in [-0.05, 0) is 92.8 Å². The molecule has 3 N–H and O–H groups in total. The van der Waals surface area contributed by atoms with Crippen LogP contribution in [-0.4, -0.2) is 155 Å². The summed E-state index contributed by atoms with van der Waals surface area (Å²) in [5.74, 6) is 0.889. The van der Waals surface area contributed by atoms with Crippen LogP contribution in [0.2, 0.25) is 5.02 Å². The molecule has 23 heteroatoms.